The van der Waals surface area contributed by atoms with Gasteiger partial charge in [0.25, 0.3) is 0 Å². The van der Waals surface area contributed by atoms with Gasteiger partial charge in [0.15, 0.2) is 6.10 Å². The van der Waals surface area contributed by atoms with Crippen molar-refractivity contribution in [2.45, 2.75) is 303 Å². The first-order chi connectivity index (χ1) is 30.5. The van der Waals surface area contributed by atoms with E-state index in [9.17, 15) is 14.4 Å². The van der Waals surface area contributed by atoms with Crippen LogP contribution in [0.2, 0.25) is 0 Å². The van der Waals surface area contributed by atoms with Gasteiger partial charge in [0.1, 0.15) is 13.2 Å². The maximum absolute atomic E-state index is 12.8. The lowest BCUT2D eigenvalue weighted by Gasteiger charge is -2.18. The summed E-state index contributed by atoms with van der Waals surface area (Å²) in [5.74, 6) is -0.870. The smallest absolute Gasteiger partial charge is 0.306 e. The Bertz CT molecular complexity index is 1000. The molecule has 1 unspecified atom stereocenters. The maximum atomic E-state index is 12.8. The van der Waals surface area contributed by atoms with Crippen LogP contribution in [0.25, 0.3) is 0 Å². The molecule has 0 heterocycles. The summed E-state index contributed by atoms with van der Waals surface area (Å²) < 4.78 is 16.8. The van der Waals surface area contributed by atoms with Crippen LogP contribution in [0.1, 0.15) is 297 Å². The second-order valence-electron chi connectivity index (χ2n) is 18.5. The number of hydrogen-bond acceptors (Lipinski definition) is 6. The van der Waals surface area contributed by atoms with Crippen molar-refractivity contribution in [1.29, 1.82) is 0 Å². The molecule has 0 rings (SSSR count). The average molecular weight is 873 g/mol. The van der Waals surface area contributed by atoms with Gasteiger partial charge in [0.2, 0.25) is 0 Å². The molecule has 0 fully saturated rings. The molecule has 0 radical (unpaired) electrons. The van der Waals surface area contributed by atoms with Crippen LogP contribution in [0.3, 0.4) is 0 Å². The fourth-order valence-electron chi connectivity index (χ4n) is 8.02. The number of esters is 3. The molecule has 62 heavy (non-hydrogen) atoms. The first-order valence-corrected chi connectivity index (χ1v) is 27.3. The Kier molecular flexibility index (Phi) is 49.8. The molecule has 0 saturated carbocycles. The highest BCUT2D eigenvalue weighted by atomic mass is 16.6. The van der Waals surface area contributed by atoms with Crippen LogP contribution >= 0.6 is 0 Å². The van der Waals surface area contributed by atoms with Crippen LogP contribution in [0.4, 0.5) is 0 Å². The summed E-state index contributed by atoms with van der Waals surface area (Å²) in [4.78, 5) is 38.0. The van der Waals surface area contributed by atoms with Gasteiger partial charge in [0.05, 0.1) is 0 Å². The van der Waals surface area contributed by atoms with Crippen molar-refractivity contribution in [3.8, 4) is 0 Å². The largest absolute Gasteiger partial charge is 0.462 e. The zero-order chi connectivity index (χ0) is 45.1. The van der Waals surface area contributed by atoms with E-state index in [-0.39, 0.29) is 31.1 Å². The van der Waals surface area contributed by atoms with Gasteiger partial charge in [-0.25, -0.2) is 0 Å². The van der Waals surface area contributed by atoms with E-state index in [0.29, 0.717) is 19.3 Å². The highest BCUT2D eigenvalue weighted by Gasteiger charge is 2.19. The number of carbonyl (C=O) groups is 3. The van der Waals surface area contributed by atoms with E-state index in [0.717, 1.165) is 64.2 Å². The van der Waals surface area contributed by atoms with E-state index in [1.54, 1.807) is 0 Å². The first kappa shape index (κ1) is 59.9. The highest BCUT2D eigenvalue weighted by molar-refractivity contribution is 5.71. The Labute approximate surface area is 385 Å². The number of unbranched alkanes of at least 4 members (excludes halogenated alkanes) is 35. The maximum Gasteiger partial charge on any atom is 0.306 e. The Morgan fingerprint density at radius 1 is 0.306 bits per heavy atom. The van der Waals surface area contributed by atoms with E-state index in [1.807, 2.05) is 0 Å². The van der Waals surface area contributed by atoms with Crippen molar-refractivity contribution in [3.05, 3.63) is 24.3 Å². The number of carbonyl (C=O) groups excluding carboxylic acids is 3. The van der Waals surface area contributed by atoms with E-state index >= 15 is 0 Å². The minimum absolute atomic E-state index is 0.0715. The lowest BCUT2D eigenvalue weighted by atomic mass is 10.0. The summed E-state index contributed by atoms with van der Waals surface area (Å²) in [5.41, 5.74) is 0. The van der Waals surface area contributed by atoms with Crippen LogP contribution in [0, 0.1) is 0 Å². The number of hydrogen-bond donors (Lipinski definition) is 0. The normalized spacial score (nSPS) is 12.1. The molecule has 6 nitrogen and oxygen atoms in total. The molecule has 6 heteroatoms. The predicted molar refractivity (Wildman–Crippen MR) is 266 cm³/mol. The van der Waals surface area contributed by atoms with Crippen LogP contribution in [-0.2, 0) is 28.6 Å². The van der Waals surface area contributed by atoms with Crippen LogP contribution < -0.4 is 0 Å². The second kappa shape index (κ2) is 51.5. The fourth-order valence-corrected chi connectivity index (χ4v) is 8.02. The Morgan fingerprint density at radius 2 is 0.532 bits per heavy atom. The molecule has 0 aliphatic carbocycles. The van der Waals surface area contributed by atoms with Gasteiger partial charge in [-0.05, 0) is 70.6 Å². The molecule has 0 N–H and O–H groups in total. The molecule has 0 amide bonds. The van der Waals surface area contributed by atoms with Crippen molar-refractivity contribution >= 4 is 17.9 Å². The quantitative estimate of drug-likeness (QED) is 0.0262. The van der Waals surface area contributed by atoms with Crippen LogP contribution in [0.15, 0.2) is 24.3 Å². The first-order valence-electron chi connectivity index (χ1n) is 27.3. The molecule has 1 atom stereocenters. The van der Waals surface area contributed by atoms with Gasteiger partial charge in [-0.15, -0.1) is 0 Å². The predicted octanol–water partition coefficient (Wildman–Crippen LogP) is 17.9. The third-order valence-electron chi connectivity index (χ3n) is 12.2. The molecular weight excluding hydrogens is 769 g/mol. The topological polar surface area (TPSA) is 78.9 Å². The molecule has 364 valence electrons. The Hall–Kier alpha value is -2.11. The highest BCUT2D eigenvalue weighted by Crippen LogP contribution is 2.16. The summed E-state index contributed by atoms with van der Waals surface area (Å²) in [6.07, 6.45) is 58.7. The van der Waals surface area contributed by atoms with Gasteiger partial charge >= 0.3 is 17.9 Å². The number of rotatable bonds is 50. The fraction of sp³-hybridized carbons (Fsp3) is 0.875. The summed E-state index contributed by atoms with van der Waals surface area (Å²) in [5, 5.41) is 0. The monoisotopic (exact) mass is 873 g/mol. The third kappa shape index (κ3) is 48.9. The van der Waals surface area contributed by atoms with Crippen molar-refractivity contribution in [1.82, 2.24) is 0 Å². The Morgan fingerprint density at radius 3 is 0.855 bits per heavy atom. The molecule has 0 aliphatic heterocycles. The Balaban J connectivity index is 4.32. The van der Waals surface area contributed by atoms with Crippen LogP contribution in [-0.4, -0.2) is 37.2 Å². The van der Waals surface area contributed by atoms with E-state index in [1.165, 1.54) is 193 Å². The SMILES string of the molecule is CCCCC/C=C\CCCCCCCC(=O)OCC(COC(=O)CCCCCCCCCCCCCCCCCCC)OC(=O)CCCCCCCCC/C=C\CCCCCC. The zero-order valence-corrected chi connectivity index (χ0v) is 41.7. The average Bonchev–Trinajstić information content (AvgIpc) is 3.27. The van der Waals surface area contributed by atoms with Gasteiger partial charge in [0, 0.05) is 19.3 Å². The lowest BCUT2D eigenvalue weighted by Crippen LogP contribution is -2.30. The van der Waals surface area contributed by atoms with Crippen molar-refractivity contribution in [2.75, 3.05) is 13.2 Å². The van der Waals surface area contributed by atoms with E-state index in [4.69, 9.17) is 14.2 Å². The second-order valence-corrected chi connectivity index (χ2v) is 18.5. The van der Waals surface area contributed by atoms with Gasteiger partial charge in [-0.2, -0.15) is 0 Å². The van der Waals surface area contributed by atoms with Crippen molar-refractivity contribution in [3.63, 3.8) is 0 Å². The van der Waals surface area contributed by atoms with Gasteiger partial charge < -0.3 is 14.2 Å². The summed E-state index contributed by atoms with van der Waals surface area (Å²) in [7, 11) is 0. The van der Waals surface area contributed by atoms with Crippen molar-refractivity contribution < 1.29 is 28.6 Å². The molecular formula is C56H104O6. The van der Waals surface area contributed by atoms with E-state index in [2.05, 4.69) is 45.1 Å². The molecule has 0 aromatic carbocycles. The molecule has 0 aromatic heterocycles. The number of ether oxygens (including phenoxy) is 3. The zero-order valence-electron chi connectivity index (χ0n) is 41.7. The molecule has 0 aliphatic rings. The number of allylic oxidation sites excluding steroid dienone is 4. The summed E-state index contributed by atoms with van der Waals surface area (Å²) in [6, 6.07) is 0. The third-order valence-corrected chi connectivity index (χ3v) is 12.2. The van der Waals surface area contributed by atoms with Crippen LogP contribution in [0.5, 0.6) is 0 Å². The molecule has 0 spiro atoms. The minimum atomic E-state index is -0.772. The molecule has 0 aromatic rings. The summed E-state index contributed by atoms with van der Waals surface area (Å²) in [6.45, 7) is 6.63. The van der Waals surface area contributed by atoms with Gasteiger partial charge in [-0.3, -0.25) is 14.4 Å². The van der Waals surface area contributed by atoms with Crippen molar-refractivity contribution in [2.24, 2.45) is 0 Å². The molecule has 0 bridgehead atoms. The standard InChI is InChI=1S/C56H104O6/c1-4-7-10-13-16-19-22-25-27-28-30-31-34-37-40-43-46-49-55(58)61-52-53(51-60-54(57)48-45-42-39-36-33-24-21-18-15-12-9-6-3)62-56(59)50-47-44-41-38-35-32-29-26-23-20-17-14-11-8-5-2/h18,20-21,23,53H,4-17,19,22,24-52H2,1-3H3/b21-18-,23-20-. The summed E-state index contributed by atoms with van der Waals surface area (Å²) >= 11 is 0. The molecule has 0 saturated heterocycles. The lowest BCUT2D eigenvalue weighted by molar-refractivity contribution is -0.167. The van der Waals surface area contributed by atoms with Gasteiger partial charge in [-0.1, -0.05) is 231 Å². The van der Waals surface area contributed by atoms with E-state index < -0.39 is 6.10 Å². The minimum Gasteiger partial charge on any atom is -0.462 e.